The van der Waals surface area contributed by atoms with Crippen molar-refractivity contribution in [2.24, 2.45) is 0 Å². The van der Waals surface area contributed by atoms with Crippen molar-refractivity contribution in [2.75, 3.05) is 6.61 Å². The third-order valence-electron chi connectivity index (χ3n) is 0.209. The lowest BCUT2D eigenvalue weighted by molar-refractivity contribution is 0.302. The summed E-state index contributed by atoms with van der Waals surface area (Å²) >= 11 is 0. The van der Waals surface area contributed by atoms with Crippen molar-refractivity contribution in [2.45, 2.75) is 6.92 Å². The van der Waals surface area contributed by atoms with Gasteiger partial charge in [0, 0.05) is 6.61 Å². The van der Waals surface area contributed by atoms with E-state index in [1.165, 1.54) is 0 Å². The standard InChI is InChI=1S/C2H6O2Si/c1-2-4-5-3/h3H,2H2,1H3. The maximum absolute atomic E-state index is 7.87. The average Bonchev–Trinajstić information content (AvgIpc) is 1.41. The van der Waals surface area contributed by atoms with E-state index in [9.17, 15) is 0 Å². The lowest BCUT2D eigenvalue weighted by atomic mass is 10.9. The molecule has 0 fully saturated rings. The van der Waals surface area contributed by atoms with Gasteiger partial charge in [-0.25, -0.2) is 0 Å². The Kier molecular flexibility index (Phi) is 4.25. The maximum atomic E-state index is 7.87. The van der Waals surface area contributed by atoms with E-state index in [-0.39, 0.29) is 10.0 Å². The van der Waals surface area contributed by atoms with Crippen molar-refractivity contribution in [3.8, 4) is 0 Å². The molecule has 0 aromatic rings. The predicted molar refractivity (Wildman–Crippen MR) is 19.6 cm³/mol. The molecular formula is C2H6O2Si. The van der Waals surface area contributed by atoms with Gasteiger partial charge in [-0.05, 0) is 6.92 Å². The second kappa shape index (κ2) is 4.14. The Hall–Kier alpha value is 0.137. The normalized spacial score (nSPS) is 8.40. The number of rotatable bonds is 2. The molecule has 0 saturated heterocycles. The van der Waals surface area contributed by atoms with Crippen molar-refractivity contribution in [1.29, 1.82) is 0 Å². The molecule has 0 aliphatic heterocycles. The lowest BCUT2D eigenvalue weighted by Crippen LogP contribution is -1.93. The molecule has 0 spiro atoms. The van der Waals surface area contributed by atoms with Crippen LogP contribution in [0.25, 0.3) is 0 Å². The molecular weight excluding hydrogens is 84.1 g/mol. The zero-order valence-electron chi connectivity index (χ0n) is 3.06. The zero-order chi connectivity index (χ0) is 4.12. The van der Waals surface area contributed by atoms with Crippen LogP contribution in [0.5, 0.6) is 0 Å². The van der Waals surface area contributed by atoms with Crippen molar-refractivity contribution in [3.63, 3.8) is 0 Å². The Morgan fingerprint density at radius 1 is 2.00 bits per heavy atom. The van der Waals surface area contributed by atoms with Crippen molar-refractivity contribution in [3.05, 3.63) is 0 Å². The molecule has 1 N–H and O–H groups in total. The van der Waals surface area contributed by atoms with Crippen LogP contribution in [0.1, 0.15) is 6.92 Å². The fraction of sp³-hybridized carbons (Fsp3) is 1.00. The van der Waals surface area contributed by atoms with E-state index in [0.29, 0.717) is 6.61 Å². The molecule has 3 heteroatoms. The molecule has 2 radical (unpaired) electrons. The monoisotopic (exact) mass is 90.0 g/mol. The first-order valence-electron chi connectivity index (χ1n) is 1.42. The van der Waals surface area contributed by atoms with E-state index in [4.69, 9.17) is 4.80 Å². The van der Waals surface area contributed by atoms with Gasteiger partial charge in [-0.3, -0.25) is 0 Å². The minimum Gasteiger partial charge on any atom is -0.409 e. The quantitative estimate of drug-likeness (QED) is 0.465. The Morgan fingerprint density at radius 3 is 2.60 bits per heavy atom. The summed E-state index contributed by atoms with van der Waals surface area (Å²) in [7, 11) is -0.342. The van der Waals surface area contributed by atoms with Crippen LogP contribution in [0, 0.1) is 0 Å². The van der Waals surface area contributed by atoms with Gasteiger partial charge in [0.05, 0.1) is 0 Å². The van der Waals surface area contributed by atoms with Crippen LogP contribution in [0.2, 0.25) is 0 Å². The van der Waals surface area contributed by atoms with E-state index in [1.807, 2.05) is 6.92 Å². The van der Waals surface area contributed by atoms with E-state index in [1.54, 1.807) is 0 Å². The third kappa shape index (κ3) is 4.14. The molecule has 5 heavy (non-hydrogen) atoms. The molecule has 0 aliphatic carbocycles. The Bertz CT molecular complexity index is 15.1. The topological polar surface area (TPSA) is 29.5 Å². The van der Waals surface area contributed by atoms with E-state index in [2.05, 4.69) is 4.43 Å². The Morgan fingerprint density at radius 2 is 2.60 bits per heavy atom. The van der Waals surface area contributed by atoms with Gasteiger partial charge in [-0.2, -0.15) is 0 Å². The molecule has 0 aliphatic rings. The van der Waals surface area contributed by atoms with Crippen LogP contribution >= 0.6 is 0 Å². The molecule has 0 aromatic heterocycles. The number of hydrogen-bond donors (Lipinski definition) is 1. The van der Waals surface area contributed by atoms with Crippen molar-refractivity contribution in [1.82, 2.24) is 0 Å². The first-order chi connectivity index (χ1) is 2.41. The summed E-state index contributed by atoms with van der Waals surface area (Å²) in [5, 5.41) is 0. The van der Waals surface area contributed by atoms with E-state index in [0.717, 1.165) is 0 Å². The molecule has 0 atom stereocenters. The number of hydrogen-bond acceptors (Lipinski definition) is 2. The second-order valence-corrected chi connectivity index (χ2v) is 0.996. The molecule has 0 aromatic carbocycles. The van der Waals surface area contributed by atoms with Gasteiger partial charge in [-0.15, -0.1) is 0 Å². The summed E-state index contributed by atoms with van der Waals surface area (Å²) in [6.07, 6.45) is 0. The highest BCUT2D eigenvalue weighted by molar-refractivity contribution is 6.15. The van der Waals surface area contributed by atoms with Gasteiger partial charge in [0.15, 0.2) is 0 Å². The third-order valence-corrected chi connectivity index (χ3v) is 0.627. The summed E-state index contributed by atoms with van der Waals surface area (Å²) < 4.78 is 4.42. The highest BCUT2D eigenvalue weighted by Crippen LogP contribution is 1.57. The maximum Gasteiger partial charge on any atom is 0.430 e. The van der Waals surface area contributed by atoms with Gasteiger partial charge in [0.1, 0.15) is 0 Å². The highest BCUT2D eigenvalue weighted by atomic mass is 28.2. The van der Waals surface area contributed by atoms with Crippen LogP contribution in [0.4, 0.5) is 0 Å². The zero-order valence-corrected chi connectivity index (χ0v) is 4.06. The fourth-order valence-corrected chi connectivity index (χ4v) is 0.194. The lowest BCUT2D eigenvalue weighted by Gasteiger charge is -1.82. The molecule has 0 unspecified atom stereocenters. The van der Waals surface area contributed by atoms with Crippen LogP contribution < -0.4 is 0 Å². The largest absolute Gasteiger partial charge is 0.430 e. The molecule has 0 rings (SSSR count). The molecule has 0 heterocycles. The summed E-state index contributed by atoms with van der Waals surface area (Å²) in [5.74, 6) is 0. The average molecular weight is 90.2 g/mol. The van der Waals surface area contributed by atoms with Gasteiger partial charge in [0.2, 0.25) is 0 Å². The predicted octanol–water partition coefficient (Wildman–Crippen LogP) is -0.451. The fourth-order valence-electron chi connectivity index (χ4n) is 0.0645. The van der Waals surface area contributed by atoms with Crippen LogP contribution in [-0.2, 0) is 4.43 Å². The minimum atomic E-state index is -0.342. The van der Waals surface area contributed by atoms with Crippen LogP contribution in [0.15, 0.2) is 0 Å². The van der Waals surface area contributed by atoms with E-state index < -0.39 is 0 Å². The highest BCUT2D eigenvalue weighted by Gasteiger charge is 1.72. The van der Waals surface area contributed by atoms with Gasteiger partial charge in [-0.1, -0.05) is 0 Å². The summed E-state index contributed by atoms with van der Waals surface area (Å²) in [5.41, 5.74) is 0. The van der Waals surface area contributed by atoms with Gasteiger partial charge in [0.25, 0.3) is 0 Å². The summed E-state index contributed by atoms with van der Waals surface area (Å²) in [4.78, 5) is 7.87. The first kappa shape index (κ1) is 5.14. The van der Waals surface area contributed by atoms with Gasteiger partial charge >= 0.3 is 10.0 Å². The van der Waals surface area contributed by atoms with Crippen LogP contribution in [0.3, 0.4) is 0 Å². The summed E-state index contributed by atoms with van der Waals surface area (Å²) in [6.45, 7) is 2.44. The minimum absolute atomic E-state index is 0.342. The van der Waals surface area contributed by atoms with Crippen LogP contribution in [-0.4, -0.2) is 21.4 Å². The second-order valence-electron chi connectivity index (χ2n) is 0.524. The molecule has 2 nitrogen and oxygen atoms in total. The smallest absolute Gasteiger partial charge is 0.409 e. The van der Waals surface area contributed by atoms with Crippen molar-refractivity contribution < 1.29 is 9.22 Å². The van der Waals surface area contributed by atoms with E-state index >= 15 is 0 Å². The van der Waals surface area contributed by atoms with Gasteiger partial charge < -0.3 is 9.22 Å². The summed E-state index contributed by atoms with van der Waals surface area (Å²) in [6, 6.07) is 0. The Balaban J connectivity index is 2.19. The SMILES string of the molecule is CCO[Si]O. The Labute approximate surface area is 33.8 Å². The molecule has 0 saturated carbocycles. The molecule has 30 valence electrons. The van der Waals surface area contributed by atoms with Crippen molar-refractivity contribution >= 4 is 10.0 Å². The molecule has 0 bridgehead atoms. The molecule has 0 amide bonds. The first-order valence-corrected chi connectivity index (χ1v) is 2.28.